The van der Waals surface area contributed by atoms with E-state index in [0.717, 1.165) is 25.2 Å². The Morgan fingerprint density at radius 2 is 1.96 bits per heavy atom. The summed E-state index contributed by atoms with van der Waals surface area (Å²) in [6.07, 6.45) is 4.48. The fraction of sp³-hybridized carbons (Fsp3) is 0.364. The lowest BCUT2D eigenvalue weighted by atomic mass is 9.68. The van der Waals surface area contributed by atoms with Crippen LogP contribution >= 0.6 is 0 Å². The zero-order chi connectivity index (χ0) is 18.3. The summed E-state index contributed by atoms with van der Waals surface area (Å²) in [5.74, 6) is 1.45. The highest BCUT2D eigenvalue weighted by Crippen LogP contribution is 2.45. The van der Waals surface area contributed by atoms with Crippen LogP contribution in [0.1, 0.15) is 43.0 Å². The van der Waals surface area contributed by atoms with Crippen LogP contribution in [0.3, 0.4) is 0 Å². The molecular formula is C22H22FN3O. The lowest BCUT2D eigenvalue weighted by Crippen LogP contribution is -2.45. The molecule has 0 saturated heterocycles. The number of halogens is 1. The first-order valence-electron chi connectivity index (χ1n) is 9.62. The summed E-state index contributed by atoms with van der Waals surface area (Å²) in [7, 11) is 0. The van der Waals surface area contributed by atoms with Gasteiger partial charge in [-0.15, -0.1) is 0 Å². The van der Waals surface area contributed by atoms with Crippen molar-refractivity contribution in [2.75, 3.05) is 6.54 Å². The van der Waals surface area contributed by atoms with E-state index in [4.69, 9.17) is 4.52 Å². The molecule has 1 aromatic heterocycles. The van der Waals surface area contributed by atoms with Gasteiger partial charge in [-0.25, -0.2) is 4.39 Å². The maximum absolute atomic E-state index is 13.5. The maximum atomic E-state index is 13.5. The van der Waals surface area contributed by atoms with Gasteiger partial charge in [0.2, 0.25) is 0 Å². The molecular weight excluding hydrogens is 341 g/mol. The van der Waals surface area contributed by atoms with E-state index >= 15 is 0 Å². The molecule has 2 atom stereocenters. The fourth-order valence-electron chi connectivity index (χ4n) is 4.08. The van der Waals surface area contributed by atoms with Crippen molar-refractivity contribution < 1.29 is 8.91 Å². The van der Waals surface area contributed by atoms with Crippen LogP contribution in [0.4, 0.5) is 4.39 Å². The van der Waals surface area contributed by atoms with E-state index in [1.165, 1.54) is 30.5 Å². The van der Waals surface area contributed by atoms with Crippen LogP contribution in [0.15, 0.2) is 59.1 Å². The number of hydrogen-bond acceptors (Lipinski definition) is 4. The van der Waals surface area contributed by atoms with Crippen molar-refractivity contribution in [1.29, 1.82) is 0 Å². The van der Waals surface area contributed by atoms with Crippen LogP contribution in [0.25, 0.3) is 11.5 Å². The monoisotopic (exact) mass is 363 g/mol. The third kappa shape index (κ3) is 3.16. The van der Waals surface area contributed by atoms with Crippen molar-refractivity contribution >= 4 is 0 Å². The van der Waals surface area contributed by atoms with Crippen LogP contribution in [0, 0.1) is 5.82 Å². The first-order chi connectivity index (χ1) is 13.2. The molecule has 5 heteroatoms. The molecule has 0 bridgehead atoms. The normalized spacial score (nSPS) is 23.0. The Kier molecular flexibility index (Phi) is 4.05. The van der Waals surface area contributed by atoms with Gasteiger partial charge in [-0.05, 0) is 43.0 Å². The lowest BCUT2D eigenvalue weighted by Gasteiger charge is -2.39. The molecule has 1 heterocycles. The van der Waals surface area contributed by atoms with Gasteiger partial charge in [-0.3, -0.25) is 0 Å². The zero-order valence-electron chi connectivity index (χ0n) is 15.1. The average Bonchev–Trinajstić information content (AvgIpc) is 3.27. The molecule has 0 aliphatic heterocycles. The van der Waals surface area contributed by atoms with Crippen molar-refractivity contribution in [3.05, 3.63) is 71.8 Å². The Morgan fingerprint density at radius 1 is 1.11 bits per heavy atom. The number of benzene rings is 2. The molecule has 138 valence electrons. The highest BCUT2D eigenvalue weighted by molar-refractivity contribution is 5.52. The molecule has 0 unspecified atom stereocenters. The molecule has 2 saturated carbocycles. The van der Waals surface area contributed by atoms with E-state index < -0.39 is 0 Å². The van der Waals surface area contributed by atoms with E-state index in [9.17, 15) is 4.39 Å². The number of aromatic nitrogens is 2. The average molecular weight is 363 g/mol. The van der Waals surface area contributed by atoms with E-state index in [1.807, 2.05) is 0 Å². The maximum Gasteiger partial charge on any atom is 0.258 e. The van der Waals surface area contributed by atoms with Gasteiger partial charge < -0.3 is 9.84 Å². The highest BCUT2D eigenvalue weighted by Gasteiger charge is 2.46. The minimum absolute atomic E-state index is 0.0566. The van der Waals surface area contributed by atoms with Gasteiger partial charge in [0.15, 0.2) is 5.82 Å². The van der Waals surface area contributed by atoms with Crippen LogP contribution in [-0.4, -0.2) is 22.7 Å². The molecule has 27 heavy (non-hydrogen) atoms. The number of hydrogen-bond donors (Lipinski definition) is 1. The quantitative estimate of drug-likeness (QED) is 0.703. The molecule has 2 fully saturated rings. The molecule has 5 rings (SSSR count). The zero-order valence-corrected chi connectivity index (χ0v) is 15.1. The largest absolute Gasteiger partial charge is 0.334 e. The highest BCUT2D eigenvalue weighted by atomic mass is 19.1. The third-order valence-corrected chi connectivity index (χ3v) is 6.00. The topological polar surface area (TPSA) is 51.0 Å². The van der Waals surface area contributed by atoms with E-state index in [1.54, 1.807) is 12.1 Å². The van der Waals surface area contributed by atoms with Crippen LogP contribution in [0.2, 0.25) is 0 Å². The molecule has 1 N–H and O–H groups in total. The predicted octanol–water partition coefficient (Wildman–Crippen LogP) is 4.44. The minimum Gasteiger partial charge on any atom is -0.334 e. The van der Waals surface area contributed by atoms with Crippen molar-refractivity contribution in [2.24, 2.45) is 0 Å². The minimum atomic E-state index is -0.298. The first kappa shape index (κ1) is 16.6. The van der Waals surface area contributed by atoms with Gasteiger partial charge in [0.05, 0.1) is 0 Å². The Bertz CT molecular complexity index is 935. The Labute approximate surface area is 157 Å². The van der Waals surface area contributed by atoms with Crippen molar-refractivity contribution in [1.82, 2.24) is 15.5 Å². The fourth-order valence-corrected chi connectivity index (χ4v) is 4.08. The van der Waals surface area contributed by atoms with Gasteiger partial charge in [0.1, 0.15) is 5.82 Å². The molecule has 2 aliphatic rings. The Balaban J connectivity index is 1.28. The number of nitrogens with one attached hydrogen (secondary N) is 1. The van der Waals surface area contributed by atoms with Crippen molar-refractivity contribution in [3.8, 4) is 11.5 Å². The molecule has 2 aromatic carbocycles. The Morgan fingerprint density at radius 3 is 2.70 bits per heavy atom. The second-order valence-electron chi connectivity index (χ2n) is 7.81. The van der Waals surface area contributed by atoms with Gasteiger partial charge in [0.25, 0.3) is 5.89 Å². The summed E-state index contributed by atoms with van der Waals surface area (Å²) in [4.78, 5) is 4.61. The summed E-state index contributed by atoms with van der Waals surface area (Å²) in [6, 6.07) is 17.5. The van der Waals surface area contributed by atoms with Crippen molar-refractivity contribution in [3.63, 3.8) is 0 Å². The van der Waals surface area contributed by atoms with E-state index in [-0.39, 0.29) is 11.2 Å². The Hall–Kier alpha value is -2.53. The molecule has 0 radical (unpaired) electrons. The second kappa shape index (κ2) is 6.57. The standard InChI is InChI=1S/C22H22FN3O/c23-17-9-4-8-16(12-17)20-25-21(26-27-20)22(10-5-11-22)14-24-19-13-18(19)15-6-2-1-3-7-15/h1-4,6-9,12,18-19,24H,5,10-11,13-14H2/t18-,19+/m1/s1. The van der Waals surface area contributed by atoms with Gasteiger partial charge in [-0.1, -0.05) is 48.0 Å². The summed E-state index contributed by atoms with van der Waals surface area (Å²) in [5, 5.41) is 7.97. The van der Waals surface area contributed by atoms with Gasteiger partial charge in [0, 0.05) is 29.5 Å². The van der Waals surface area contributed by atoms with Crippen LogP contribution in [0.5, 0.6) is 0 Å². The summed E-state index contributed by atoms with van der Waals surface area (Å²) < 4.78 is 18.9. The first-order valence-corrected chi connectivity index (χ1v) is 9.62. The molecule has 3 aromatic rings. The molecule has 4 nitrogen and oxygen atoms in total. The van der Waals surface area contributed by atoms with Gasteiger partial charge >= 0.3 is 0 Å². The SMILES string of the molecule is Fc1cccc(-c2nc(C3(CN[C@H]4C[C@@H]4c4ccccc4)CCC3)no2)c1. The van der Waals surface area contributed by atoms with E-state index in [2.05, 4.69) is 45.8 Å². The summed E-state index contributed by atoms with van der Waals surface area (Å²) in [5.41, 5.74) is 1.98. The van der Waals surface area contributed by atoms with Crippen molar-refractivity contribution in [2.45, 2.75) is 43.1 Å². The smallest absolute Gasteiger partial charge is 0.258 e. The lowest BCUT2D eigenvalue weighted by molar-refractivity contribution is 0.211. The molecule has 2 aliphatic carbocycles. The molecule has 0 amide bonds. The van der Waals surface area contributed by atoms with Gasteiger partial charge in [-0.2, -0.15) is 4.98 Å². The number of nitrogens with zero attached hydrogens (tertiary/aromatic N) is 2. The number of rotatable bonds is 6. The summed E-state index contributed by atoms with van der Waals surface area (Å²) >= 11 is 0. The third-order valence-electron chi connectivity index (χ3n) is 6.00. The van der Waals surface area contributed by atoms with Crippen LogP contribution in [-0.2, 0) is 5.41 Å². The summed E-state index contributed by atoms with van der Waals surface area (Å²) in [6.45, 7) is 0.864. The second-order valence-corrected chi connectivity index (χ2v) is 7.81. The predicted molar refractivity (Wildman–Crippen MR) is 101 cm³/mol. The molecule has 0 spiro atoms. The van der Waals surface area contributed by atoms with E-state index in [0.29, 0.717) is 23.4 Å². The van der Waals surface area contributed by atoms with Crippen LogP contribution < -0.4 is 5.32 Å².